The minimum Gasteiger partial charge on any atom is -0.486 e. The van der Waals surface area contributed by atoms with E-state index in [9.17, 15) is 0 Å². The SMILES string of the molecule is COc1ncccc1CNCc1cccc2c1OCCO2. The first-order chi connectivity index (χ1) is 10.4. The molecule has 0 saturated heterocycles. The van der Waals surface area contributed by atoms with Crippen molar-refractivity contribution in [1.29, 1.82) is 0 Å². The van der Waals surface area contributed by atoms with Gasteiger partial charge in [-0.25, -0.2) is 4.98 Å². The predicted octanol–water partition coefficient (Wildman–Crippen LogP) is 2.15. The summed E-state index contributed by atoms with van der Waals surface area (Å²) in [7, 11) is 1.63. The van der Waals surface area contributed by atoms with Crippen LogP contribution < -0.4 is 19.5 Å². The Balaban J connectivity index is 1.66. The Bertz CT molecular complexity index is 616. The first kappa shape index (κ1) is 13.7. The van der Waals surface area contributed by atoms with Crippen molar-refractivity contribution in [2.75, 3.05) is 20.3 Å². The van der Waals surface area contributed by atoms with Crippen LogP contribution in [0.1, 0.15) is 11.1 Å². The van der Waals surface area contributed by atoms with Crippen LogP contribution in [-0.4, -0.2) is 25.3 Å². The third-order valence-corrected chi connectivity index (χ3v) is 3.32. The molecule has 1 aliphatic rings. The van der Waals surface area contributed by atoms with Crippen LogP contribution in [0.25, 0.3) is 0 Å². The minimum absolute atomic E-state index is 0.598. The molecule has 2 heterocycles. The minimum atomic E-state index is 0.598. The summed E-state index contributed by atoms with van der Waals surface area (Å²) in [5.74, 6) is 2.31. The first-order valence-corrected chi connectivity index (χ1v) is 6.94. The van der Waals surface area contributed by atoms with Gasteiger partial charge in [-0.1, -0.05) is 18.2 Å². The van der Waals surface area contributed by atoms with E-state index in [0.29, 0.717) is 32.2 Å². The molecule has 0 bridgehead atoms. The Morgan fingerprint density at radius 3 is 2.81 bits per heavy atom. The summed E-state index contributed by atoms with van der Waals surface area (Å²) in [6.07, 6.45) is 1.72. The Morgan fingerprint density at radius 2 is 1.90 bits per heavy atom. The average Bonchev–Trinajstić information content (AvgIpc) is 2.55. The highest BCUT2D eigenvalue weighted by Crippen LogP contribution is 2.33. The Kier molecular flexibility index (Phi) is 4.21. The molecule has 1 aliphatic heterocycles. The molecule has 5 heteroatoms. The second-order valence-electron chi connectivity index (χ2n) is 4.72. The molecule has 0 radical (unpaired) electrons. The third-order valence-electron chi connectivity index (χ3n) is 3.32. The molecule has 3 rings (SSSR count). The number of pyridine rings is 1. The zero-order chi connectivity index (χ0) is 14.5. The van der Waals surface area contributed by atoms with Gasteiger partial charge in [-0.15, -0.1) is 0 Å². The van der Waals surface area contributed by atoms with E-state index in [4.69, 9.17) is 14.2 Å². The van der Waals surface area contributed by atoms with Gasteiger partial charge in [-0.3, -0.25) is 0 Å². The number of para-hydroxylation sites is 1. The molecule has 1 aromatic carbocycles. The van der Waals surface area contributed by atoms with Gasteiger partial charge in [0.05, 0.1) is 7.11 Å². The summed E-state index contributed by atoms with van der Waals surface area (Å²) < 4.78 is 16.5. The quantitative estimate of drug-likeness (QED) is 0.912. The standard InChI is InChI=1S/C16H18N2O3/c1-19-16-13(5-3-7-18-16)11-17-10-12-4-2-6-14-15(12)21-9-8-20-14/h2-7,17H,8-11H2,1H3. The number of benzene rings is 1. The van der Waals surface area contributed by atoms with Crippen LogP contribution in [0.4, 0.5) is 0 Å². The number of nitrogens with one attached hydrogen (secondary N) is 1. The molecule has 2 aromatic rings. The van der Waals surface area contributed by atoms with Crippen molar-refractivity contribution in [1.82, 2.24) is 10.3 Å². The number of aromatic nitrogens is 1. The summed E-state index contributed by atoms with van der Waals surface area (Å²) >= 11 is 0. The molecular formula is C16H18N2O3. The fourth-order valence-corrected chi connectivity index (χ4v) is 2.35. The van der Waals surface area contributed by atoms with Gasteiger partial charge in [0, 0.05) is 30.4 Å². The lowest BCUT2D eigenvalue weighted by Crippen LogP contribution is -2.19. The fraction of sp³-hybridized carbons (Fsp3) is 0.312. The Morgan fingerprint density at radius 1 is 1.10 bits per heavy atom. The lowest BCUT2D eigenvalue weighted by molar-refractivity contribution is 0.169. The molecule has 0 saturated carbocycles. The van der Waals surface area contributed by atoms with E-state index in [1.807, 2.05) is 30.3 Å². The van der Waals surface area contributed by atoms with Crippen LogP contribution in [0.2, 0.25) is 0 Å². The van der Waals surface area contributed by atoms with E-state index in [1.54, 1.807) is 13.3 Å². The van der Waals surface area contributed by atoms with Crippen LogP contribution in [0.15, 0.2) is 36.5 Å². The van der Waals surface area contributed by atoms with Crippen molar-refractivity contribution >= 4 is 0 Å². The number of rotatable bonds is 5. The van der Waals surface area contributed by atoms with Gasteiger partial charge in [0.2, 0.25) is 5.88 Å². The molecule has 0 fully saturated rings. The molecule has 0 unspecified atom stereocenters. The van der Waals surface area contributed by atoms with Crippen molar-refractivity contribution < 1.29 is 14.2 Å². The first-order valence-electron chi connectivity index (χ1n) is 6.94. The molecule has 0 spiro atoms. The molecule has 0 aliphatic carbocycles. The molecule has 110 valence electrons. The zero-order valence-corrected chi connectivity index (χ0v) is 12.0. The van der Waals surface area contributed by atoms with Crippen LogP contribution in [0.5, 0.6) is 17.4 Å². The number of methoxy groups -OCH3 is 1. The molecule has 0 amide bonds. The summed E-state index contributed by atoms with van der Waals surface area (Å²) in [6, 6.07) is 9.86. The van der Waals surface area contributed by atoms with Crippen molar-refractivity contribution in [2.24, 2.45) is 0 Å². The second-order valence-corrected chi connectivity index (χ2v) is 4.72. The average molecular weight is 286 g/mol. The summed E-state index contributed by atoms with van der Waals surface area (Å²) in [5, 5.41) is 3.39. The molecule has 1 aromatic heterocycles. The van der Waals surface area contributed by atoms with E-state index in [2.05, 4.69) is 10.3 Å². The number of ether oxygens (including phenoxy) is 3. The number of hydrogen-bond acceptors (Lipinski definition) is 5. The number of nitrogens with zero attached hydrogens (tertiary/aromatic N) is 1. The van der Waals surface area contributed by atoms with Crippen LogP contribution >= 0.6 is 0 Å². The van der Waals surface area contributed by atoms with Crippen molar-refractivity contribution in [3.63, 3.8) is 0 Å². The van der Waals surface area contributed by atoms with Gasteiger partial charge in [0.25, 0.3) is 0 Å². The smallest absolute Gasteiger partial charge is 0.217 e. The number of fused-ring (bicyclic) bond motifs is 1. The fourth-order valence-electron chi connectivity index (χ4n) is 2.35. The van der Waals surface area contributed by atoms with Crippen LogP contribution in [0.3, 0.4) is 0 Å². The second kappa shape index (κ2) is 6.45. The van der Waals surface area contributed by atoms with E-state index < -0.39 is 0 Å². The maximum Gasteiger partial charge on any atom is 0.217 e. The Hall–Kier alpha value is -2.27. The van der Waals surface area contributed by atoms with E-state index in [0.717, 1.165) is 22.6 Å². The maximum absolute atomic E-state index is 5.70. The number of hydrogen-bond donors (Lipinski definition) is 1. The molecule has 5 nitrogen and oxygen atoms in total. The Labute approximate surface area is 123 Å². The van der Waals surface area contributed by atoms with Crippen LogP contribution in [-0.2, 0) is 13.1 Å². The summed E-state index contributed by atoms with van der Waals surface area (Å²) in [6.45, 7) is 2.59. The topological polar surface area (TPSA) is 52.6 Å². The van der Waals surface area contributed by atoms with Gasteiger partial charge < -0.3 is 19.5 Å². The van der Waals surface area contributed by atoms with Gasteiger partial charge in [0.1, 0.15) is 13.2 Å². The lowest BCUT2D eigenvalue weighted by atomic mass is 10.1. The molecule has 21 heavy (non-hydrogen) atoms. The molecular weight excluding hydrogens is 268 g/mol. The van der Waals surface area contributed by atoms with Gasteiger partial charge in [0.15, 0.2) is 11.5 Å². The van der Waals surface area contributed by atoms with E-state index in [-0.39, 0.29) is 0 Å². The molecule has 1 N–H and O–H groups in total. The van der Waals surface area contributed by atoms with E-state index >= 15 is 0 Å². The predicted molar refractivity (Wildman–Crippen MR) is 78.8 cm³/mol. The zero-order valence-electron chi connectivity index (χ0n) is 12.0. The summed E-state index contributed by atoms with van der Waals surface area (Å²) in [5.41, 5.74) is 2.12. The van der Waals surface area contributed by atoms with Crippen molar-refractivity contribution in [3.05, 3.63) is 47.7 Å². The third kappa shape index (κ3) is 3.08. The monoisotopic (exact) mass is 286 g/mol. The normalized spacial score (nSPS) is 13.0. The summed E-state index contributed by atoms with van der Waals surface area (Å²) in [4.78, 5) is 4.19. The largest absolute Gasteiger partial charge is 0.486 e. The lowest BCUT2D eigenvalue weighted by Gasteiger charge is -2.21. The van der Waals surface area contributed by atoms with Gasteiger partial charge >= 0.3 is 0 Å². The van der Waals surface area contributed by atoms with Crippen molar-refractivity contribution in [3.8, 4) is 17.4 Å². The van der Waals surface area contributed by atoms with Crippen molar-refractivity contribution in [2.45, 2.75) is 13.1 Å². The molecule has 0 atom stereocenters. The highest BCUT2D eigenvalue weighted by molar-refractivity contribution is 5.47. The van der Waals surface area contributed by atoms with Gasteiger partial charge in [-0.05, 0) is 12.1 Å². The van der Waals surface area contributed by atoms with E-state index in [1.165, 1.54) is 0 Å². The van der Waals surface area contributed by atoms with Crippen LogP contribution in [0, 0.1) is 0 Å². The van der Waals surface area contributed by atoms with Gasteiger partial charge in [-0.2, -0.15) is 0 Å². The highest BCUT2D eigenvalue weighted by Gasteiger charge is 2.15. The maximum atomic E-state index is 5.70. The highest BCUT2D eigenvalue weighted by atomic mass is 16.6.